The molecule has 0 spiro atoms. The first-order valence-corrected chi connectivity index (χ1v) is 12.1. The normalized spacial score (nSPS) is 12.0. The van der Waals surface area contributed by atoms with E-state index in [1.807, 2.05) is 36.4 Å². The van der Waals surface area contributed by atoms with E-state index in [1.165, 1.54) is 6.20 Å². The van der Waals surface area contributed by atoms with Crippen molar-refractivity contribution in [3.8, 4) is 11.1 Å². The van der Waals surface area contributed by atoms with E-state index in [1.54, 1.807) is 6.92 Å². The molecule has 11 heteroatoms. The van der Waals surface area contributed by atoms with Crippen LogP contribution in [-0.2, 0) is 4.74 Å². The molecule has 5 rings (SSSR count). The maximum atomic E-state index is 12.5. The van der Waals surface area contributed by atoms with Crippen LogP contribution in [0, 0.1) is 6.92 Å². The third-order valence-corrected chi connectivity index (χ3v) is 7.35. The van der Waals surface area contributed by atoms with E-state index in [4.69, 9.17) is 4.74 Å². The topological polar surface area (TPSA) is 131 Å². The van der Waals surface area contributed by atoms with Crippen molar-refractivity contribution in [1.29, 1.82) is 0 Å². The summed E-state index contributed by atoms with van der Waals surface area (Å²) < 4.78 is 9.47. The Morgan fingerprint density at radius 2 is 1.69 bits per heavy atom. The number of carboxylic acids is 1. The number of hydrogen-bond donors (Lipinski definition) is 3. The molecule has 0 atom stereocenters. The second kappa shape index (κ2) is 9.28. The van der Waals surface area contributed by atoms with Gasteiger partial charge in [-0.2, -0.15) is 4.37 Å². The molecule has 9 nitrogen and oxygen atoms in total. The number of aromatic nitrogens is 2. The predicted octanol–water partition coefficient (Wildman–Crippen LogP) is 5.22. The number of nitrogens with zero attached hydrogens (tertiary/aromatic N) is 2. The van der Waals surface area contributed by atoms with Gasteiger partial charge in [-0.25, -0.2) is 14.6 Å². The summed E-state index contributed by atoms with van der Waals surface area (Å²) in [5.74, 6) is -1.79. The van der Waals surface area contributed by atoms with Gasteiger partial charge >= 0.3 is 12.1 Å². The number of benzene rings is 2. The minimum absolute atomic E-state index is 0.0511. The molecule has 0 fully saturated rings. The van der Waals surface area contributed by atoms with Gasteiger partial charge in [-0.3, -0.25) is 10.1 Å². The first-order valence-electron chi connectivity index (χ1n) is 10.5. The minimum atomic E-state index is -1.17. The Bertz CT molecular complexity index is 1420. The van der Waals surface area contributed by atoms with Crippen molar-refractivity contribution in [2.24, 2.45) is 0 Å². The number of fused-ring (bicyclic) bond motifs is 3. The Hall–Kier alpha value is -4.09. The van der Waals surface area contributed by atoms with Crippen molar-refractivity contribution in [1.82, 2.24) is 9.36 Å². The van der Waals surface area contributed by atoms with Crippen molar-refractivity contribution in [3.63, 3.8) is 0 Å². The molecule has 0 bridgehead atoms. The molecule has 2 amide bonds. The van der Waals surface area contributed by atoms with E-state index < -0.39 is 18.0 Å². The van der Waals surface area contributed by atoms with Gasteiger partial charge in [0.15, 0.2) is 5.13 Å². The predicted molar refractivity (Wildman–Crippen MR) is 133 cm³/mol. The maximum Gasteiger partial charge on any atom is 0.413 e. The standard InChI is InChI=1S/C24H18N4O5S2/c1-12-19(22(30)31)21(35-28-12)26-20(29)18-10-25-23(34-18)27-24(32)33-11-17-15-8-4-2-6-13(15)14-7-3-5-9-16(14)17/h2-10,17H,11H2,1H3,(H,26,29)(H,30,31)(H,25,27,32). The molecule has 0 saturated carbocycles. The number of aryl methyl sites for hydroxylation is 1. The van der Waals surface area contributed by atoms with Gasteiger partial charge in [-0.15, -0.1) is 0 Å². The molecule has 0 saturated heterocycles. The highest BCUT2D eigenvalue weighted by Crippen LogP contribution is 2.44. The Morgan fingerprint density at radius 3 is 2.34 bits per heavy atom. The summed E-state index contributed by atoms with van der Waals surface area (Å²) in [6.07, 6.45) is 0.618. The smallest absolute Gasteiger partial charge is 0.413 e. The van der Waals surface area contributed by atoms with Gasteiger partial charge in [-0.1, -0.05) is 59.9 Å². The molecule has 176 valence electrons. The molecule has 0 radical (unpaired) electrons. The van der Waals surface area contributed by atoms with Crippen LogP contribution in [0.25, 0.3) is 11.1 Å². The van der Waals surface area contributed by atoms with Crippen molar-refractivity contribution in [3.05, 3.63) is 82.0 Å². The Morgan fingerprint density at radius 1 is 1.03 bits per heavy atom. The first kappa shape index (κ1) is 22.7. The summed E-state index contributed by atoms with van der Waals surface area (Å²) in [5, 5.41) is 14.7. The molecule has 1 aliphatic carbocycles. The average molecular weight is 507 g/mol. The number of carboxylic acid groups (broad SMARTS) is 1. The van der Waals surface area contributed by atoms with Crippen molar-refractivity contribution in [2.75, 3.05) is 17.2 Å². The van der Waals surface area contributed by atoms with Crippen molar-refractivity contribution in [2.45, 2.75) is 12.8 Å². The van der Waals surface area contributed by atoms with Crippen LogP contribution in [0.4, 0.5) is 14.9 Å². The fourth-order valence-corrected chi connectivity index (χ4v) is 5.51. The van der Waals surface area contributed by atoms with Crippen LogP contribution < -0.4 is 10.6 Å². The van der Waals surface area contributed by atoms with E-state index in [2.05, 4.69) is 32.1 Å². The molecule has 3 N–H and O–H groups in total. The number of carbonyl (C=O) groups is 3. The number of anilines is 2. The van der Waals surface area contributed by atoms with Crippen molar-refractivity contribution >= 4 is 51.0 Å². The number of rotatable bonds is 6. The van der Waals surface area contributed by atoms with E-state index in [9.17, 15) is 19.5 Å². The quantitative estimate of drug-likeness (QED) is 0.327. The highest BCUT2D eigenvalue weighted by molar-refractivity contribution is 7.17. The van der Waals surface area contributed by atoms with Gasteiger partial charge in [0.05, 0.1) is 11.9 Å². The zero-order chi connectivity index (χ0) is 24.5. The lowest BCUT2D eigenvalue weighted by atomic mass is 9.98. The first-order chi connectivity index (χ1) is 16.9. The molecule has 2 aromatic carbocycles. The molecule has 2 aromatic heterocycles. The van der Waals surface area contributed by atoms with Crippen molar-refractivity contribution < 1.29 is 24.2 Å². The number of nitrogens with one attached hydrogen (secondary N) is 2. The molecule has 4 aromatic rings. The van der Waals surface area contributed by atoms with Crippen LogP contribution in [-0.4, -0.2) is 39.0 Å². The number of thiazole rings is 1. The highest BCUT2D eigenvalue weighted by Gasteiger charge is 2.29. The van der Waals surface area contributed by atoms with Crippen LogP contribution in [0.1, 0.15) is 42.8 Å². The van der Waals surface area contributed by atoms with E-state index >= 15 is 0 Å². The van der Waals surface area contributed by atoms with Crippen LogP contribution >= 0.6 is 22.9 Å². The maximum absolute atomic E-state index is 12.5. The van der Waals surface area contributed by atoms with Gasteiger partial charge in [0.1, 0.15) is 22.0 Å². The molecular weight excluding hydrogens is 488 g/mol. The summed E-state index contributed by atoms with van der Waals surface area (Å²) in [5.41, 5.74) is 4.75. The third-order valence-electron chi connectivity index (χ3n) is 5.59. The lowest BCUT2D eigenvalue weighted by Gasteiger charge is -2.14. The average Bonchev–Trinajstić information content (AvgIpc) is 3.54. The number of hydrogen-bond acceptors (Lipinski definition) is 8. The molecule has 0 aliphatic heterocycles. The van der Waals surface area contributed by atoms with Gasteiger partial charge in [0, 0.05) is 5.92 Å². The Labute approximate surface area is 207 Å². The molecule has 2 heterocycles. The number of amides is 2. The minimum Gasteiger partial charge on any atom is -0.478 e. The fraction of sp³-hybridized carbons (Fsp3) is 0.125. The third kappa shape index (κ3) is 4.38. The summed E-state index contributed by atoms with van der Waals surface area (Å²) in [7, 11) is 0. The van der Waals surface area contributed by atoms with Gasteiger partial charge < -0.3 is 15.2 Å². The van der Waals surface area contributed by atoms with Crippen LogP contribution in [0.5, 0.6) is 0 Å². The molecular formula is C24H18N4O5S2. The zero-order valence-corrected chi connectivity index (χ0v) is 19.9. The SMILES string of the molecule is Cc1nsc(NC(=O)c2cnc(NC(=O)OCC3c4ccccc4-c4ccccc43)s2)c1C(=O)O. The van der Waals surface area contributed by atoms with Gasteiger partial charge in [-0.05, 0) is 40.7 Å². The molecule has 0 unspecified atom stereocenters. The number of ether oxygens (including phenoxy) is 1. The second-order valence-electron chi connectivity index (χ2n) is 7.71. The monoisotopic (exact) mass is 506 g/mol. The Balaban J connectivity index is 1.22. The van der Waals surface area contributed by atoms with Crippen LogP contribution in [0.15, 0.2) is 54.7 Å². The van der Waals surface area contributed by atoms with Gasteiger partial charge in [0.2, 0.25) is 0 Å². The van der Waals surface area contributed by atoms with E-state index in [-0.39, 0.29) is 33.1 Å². The summed E-state index contributed by atoms with van der Waals surface area (Å²) in [4.78, 5) is 40.6. The number of carbonyl (C=O) groups excluding carboxylic acids is 2. The molecule has 35 heavy (non-hydrogen) atoms. The summed E-state index contributed by atoms with van der Waals surface area (Å²) >= 11 is 1.83. The van der Waals surface area contributed by atoms with Gasteiger partial charge in [0.25, 0.3) is 5.91 Å². The summed E-state index contributed by atoms with van der Waals surface area (Å²) in [6.45, 7) is 1.71. The highest BCUT2D eigenvalue weighted by atomic mass is 32.1. The van der Waals surface area contributed by atoms with Crippen LogP contribution in [0.2, 0.25) is 0 Å². The lowest BCUT2D eigenvalue weighted by molar-refractivity contribution is 0.0697. The second-order valence-corrected chi connectivity index (χ2v) is 9.52. The lowest BCUT2D eigenvalue weighted by Crippen LogP contribution is -2.17. The van der Waals surface area contributed by atoms with Crippen LogP contribution in [0.3, 0.4) is 0 Å². The fourth-order valence-electron chi connectivity index (χ4n) is 4.03. The molecule has 1 aliphatic rings. The van der Waals surface area contributed by atoms with E-state index in [0.29, 0.717) is 5.69 Å². The zero-order valence-electron chi connectivity index (χ0n) is 18.3. The number of aromatic carboxylic acids is 1. The largest absolute Gasteiger partial charge is 0.478 e. The summed E-state index contributed by atoms with van der Waals surface area (Å²) in [6, 6.07) is 16.1. The van der Waals surface area contributed by atoms with E-state index in [0.717, 1.165) is 45.1 Å². The Kier molecular flexibility index (Phi) is 6.01.